The van der Waals surface area contributed by atoms with E-state index in [2.05, 4.69) is 563 Å². The molecular weight excluding hydrogens is 1540 g/mol. The summed E-state index contributed by atoms with van der Waals surface area (Å²) < 4.78 is 0. The van der Waals surface area contributed by atoms with Crippen LogP contribution in [0.15, 0.2) is 425 Å². The second-order valence-electron chi connectivity index (χ2n) is 34.2. The molecule has 0 bridgehead atoms. The molecule has 0 fully saturated rings. The Morgan fingerprint density at radius 3 is 0.570 bits per heavy atom. The van der Waals surface area contributed by atoms with E-state index >= 15 is 0 Å². The summed E-state index contributed by atoms with van der Waals surface area (Å²) in [7, 11) is 0. The van der Waals surface area contributed by atoms with Crippen LogP contribution in [0.3, 0.4) is 0 Å². The molecule has 0 aliphatic rings. The highest BCUT2D eigenvalue weighted by molar-refractivity contribution is 6.25. The second kappa shape index (κ2) is 49.0. The molecule has 0 nitrogen and oxygen atoms in total. The van der Waals surface area contributed by atoms with E-state index in [0.29, 0.717) is 0 Å². The third kappa shape index (κ3) is 30.1. The van der Waals surface area contributed by atoms with Gasteiger partial charge >= 0.3 is 0 Å². The van der Waals surface area contributed by atoms with Crippen molar-refractivity contribution in [3.05, 3.63) is 536 Å². The summed E-state index contributed by atoms with van der Waals surface area (Å²) in [6.45, 7) is 42.5. The summed E-state index contributed by atoms with van der Waals surface area (Å²) in [5, 5.41) is 8.12. The molecule has 19 aromatic carbocycles. The summed E-state index contributed by atoms with van der Waals surface area (Å²) in [5.74, 6) is 0. The lowest BCUT2D eigenvalue weighted by atomic mass is 9.93. The van der Waals surface area contributed by atoms with E-state index in [1.807, 2.05) is 0 Å². The third-order valence-electron chi connectivity index (χ3n) is 22.7. The first-order valence-electron chi connectivity index (χ1n) is 44.9. The summed E-state index contributed by atoms with van der Waals surface area (Å²) in [6, 6.07) is 151. The van der Waals surface area contributed by atoms with E-state index < -0.39 is 0 Å². The van der Waals surface area contributed by atoms with Crippen molar-refractivity contribution in [2.24, 2.45) is 0 Å². The standard InChI is InChI=1S/C20H16.6C14H14.3C8H10/c1-13-7-9-17-18-10-8-14(2)12-20(18)16-6-4-3-5-15(16)19(17)11-13;1-11-3-7-13(8-4-11)14-9-5-12(2)6-10-14;1-11-5-3-7-13(9-11)14-8-4-6-12(2)10-14;1-11-7-3-5-9-13(11)14-10-6-4-8-12(14)2;1-11-6-5-8-13(10-11)14-9-4-3-7-12(14)2;1-11-6-8-13(9-7-11)14-5-3-4-12(2)10-14;1-11-7-9-13(10-8-11)14-6-4-3-5-12(14)2;1-7-3-5-8(2)6-4-7;1-7-4-3-5-8(2)6-7;1-7-5-3-4-6-8(7)2/h3-12H,1-2H3;6*3-10H,1-2H3;3*3-6H,1-2H3. The van der Waals surface area contributed by atoms with Gasteiger partial charge in [0, 0.05) is 0 Å². The SMILES string of the molecule is Cc1ccc(-c2ccc(C)cc2)cc1.Cc1ccc(-c2cccc(C)c2)cc1.Cc1ccc(-c2ccccc2C)cc1.Cc1ccc(C)cc1.Cc1ccc2c3ccc(C)cc3c3ccccc3c2c1.Cc1cccc(-c2cccc(C)c2)c1.Cc1cccc(-c2ccccc2C)c1.Cc1cccc(C)c1.Cc1ccccc1-c1ccccc1C.Cc1ccccc1C. The first kappa shape index (κ1) is 96.2. The summed E-state index contributed by atoms with van der Waals surface area (Å²) in [4.78, 5) is 0. The van der Waals surface area contributed by atoms with Gasteiger partial charge in [-0.25, -0.2) is 0 Å². The van der Waals surface area contributed by atoms with Crippen molar-refractivity contribution in [1.82, 2.24) is 0 Å². The van der Waals surface area contributed by atoms with E-state index in [0.717, 1.165) is 0 Å². The molecule has 0 spiro atoms. The van der Waals surface area contributed by atoms with Crippen molar-refractivity contribution in [1.29, 1.82) is 0 Å². The number of hydrogen-bond acceptors (Lipinski definition) is 0. The average Bonchev–Trinajstić information content (AvgIpc) is 0.742. The Balaban J connectivity index is 0.000000150. The second-order valence-corrected chi connectivity index (χ2v) is 34.2. The fourth-order valence-corrected chi connectivity index (χ4v) is 15.1. The maximum atomic E-state index is 2.30. The van der Waals surface area contributed by atoms with Crippen LogP contribution < -0.4 is 0 Å². The van der Waals surface area contributed by atoms with Gasteiger partial charge in [0.2, 0.25) is 0 Å². The molecule has 0 aliphatic heterocycles. The molecule has 0 N–H and O–H groups in total. The van der Waals surface area contributed by atoms with Gasteiger partial charge in [-0.2, -0.15) is 0 Å². The van der Waals surface area contributed by atoms with Crippen LogP contribution in [0.5, 0.6) is 0 Å². The summed E-state index contributed by atoms with van der Waals surface area (Å²) in [6.07, 6.45) is 0. The Hall–Kier alpha value is -14.0. The smallest absolute Gasteiger partial charge is 0.00963 e. The van der Waals surface area contributed by atoms with Crippen molar-refractivity contribution in [2.75, 3.05) is 0 Å². The lowest BCUT2D eigenvalue weighted by Crippen LogP contribution is -1.85. The molecule has 0 aromatic heterocycles. The van der Waals surface area contributed by atoms with E-state index in [1.54, 1.807) is 0 Å². The molecule has 0 aliphatic carbocycles. The molecule has 0 atom stereocenters. The minimum Gasteiger partial charge on any atom is -0.0620 e. The molecule has 19 rings (SSSR count). The Morgan fingerprint density at radius 1 is 0.0938 bits per heavy atom. The molecule has 0 unspecified atom stereocenters. The van der Waals surface area contributed by atoms with Crippen molar-refractivity contribution in [3.63, 3.8) is 0 Å². The van der Waals surface area contributed by atoms with Gasteiger partial charge in [0.1, 0.15) is 0 Å². The Labute approximate surface area is 768 Å². The van der Waals surface area contributed by atoms with Gasteiger partial charge in [-0.05, 0) is 271 Å². The van der Waals surface area contributed by atoms with Crippen LogP contribution in [-0.4, -0.2) is 0 Å². The van der Waals surface area contributed by atoms with Gasteiger partial charge in [0.25, 0.3) is 0 Å². The molecule has 0 heteroatoms. The lowest BCUT2D eigenvalue weighted by Gasteiger charge is -2.11. The highest BCUT2D eigenvalue weighted by Gasteiger charge is 2.10. The van der Waals surface area contributed by atoms with Gasteiger partial charge in [0.15, 0.2) is 0 Å². The zero-order valence-electron chi connectivity index (χ0n) is 79.4. The van der Waals surface area contributed by atoms with Crippen molar-refractivity contribution in [2.45, 2.75) is 138 Å². The van der Waals surface area contributed by atoms with Gasteiger partial charge in [-0.1, -0.05) is 503 Å². The van der Waals surface area contributed by atoms with E-state index in [4.69, 9.17) is 0 Å². The Bertz CT molecular complexity index is 6380. The largest absolute Gasteiger partial charge is 0.0620 e. The summed E-state index contributed by atoms with van der Waals surface area (Å²) in [5.41, 5.74) is 42.2. The molecule has 0 radical (unpaired) electrons. The number of hydrogen-bond donors (Lipinski definition) is 0. The Kier molecular flexibility index (Phi) is 36.8. The van der Waals surface area contributed by atoms with E-state index in [9.17, 15) is 0 Å². The minimum atomic E-state index is 1.29. The highest BCUT2D eigenvalue weighted by atomic mass is 14.1. The van der Waals surface area contributed by atoms with E-state index in [-0.39, 0.29) is 0 Å². The van der Waals surface area contributed by atoms with Crippen molar-refractivity contribution in [3.8, 4) is 66.8 Å². The summed E-state index contributed by atoms with van der Waals surface area (Å²) >= 11 is 0. The van der Waals surface area contributed by atoms with Crippen LogP contribution >= 0.6 is 0 Å². The minimum absolute atomic E-state index is 1.29. The van der Waals surface area contributed by atoms with Crippen molar-refractivity contribution < 1.29 is 0 Å². The predicted octanol–water partition coefficient (Wildman–Crippen LogP) is 36.5. The number of aryl methyl sites for hydroxylation is 20. The third-order valence-corrected chi connectivity index (χ3v) is 22.7. The molecule has 0 heterocycles. The fraction of sp³-hybridized carbons (Fsp3) is 0.156. The number of benzene rings is 19. The van der Waals surface area contributed by atoms with Crippen LogP contribution in [0.25, 0.3) is 99.1 Å². The fourth-order valence-electron chi connectivity index (χ4n) is 15.1. The van der Waals surface area contributed by atoms with Crippen LogP contribution in [0.4, 0.5) is 0 Å². The monoisotopic (exact) mass is 1670 g/mol. The molecule has 19 aromatic rings. The van der Waals surface area contributed by atoms with Crippen LogP contribution in [0.1, 0.15) is 111 Å². The molecule has 0 amide bonds. The molecule has 0 saturated heterocycles. The number of rotatable bonds is 6. The van der Waals surface area contributed by atoms with Crippen LogP contribution in [-0.2, 0) is 0 Å². The molecule has 0 saturated carbocycles. The zero-order valence-corrected chi connectivity index (χ0v) is 79.4. The van der Waals surface area contributed by atoms with Crippen molar-refractivity contribution >= 4 is 32.3 Å². The van der Waals surface area contributed by atoms with Gasteiger partial charge in [-0.15, -0.1) is 0 Å². The Morgan fingerprint density at radius 2 is 0.289 bits per heavy atom. The lowest BCUT2D eigenvalue weighted by molar-refractivity contribution is 1.34. The highest BCUT2D eigenvalue weighted by Crippen LogP contribution is 2.37. The molecule has 128 heavy (non-hydrogen) atoms. The maximum Gasteiger partial charge on any atom is -0.00963 e. The molecule has 642 valence electrons. The normalized spacial score (nSPS) is 10.2. The van der Waals surface area contributed by atoms with Crippen LogP contribution in [0, 0.1) is 138 Å². The maximum absolute atomic E-state index is 2.30. The van der Waals surface area contributed by atoms with E-state index in [1.165, 1.54) is 210 Å². The van der Waals surface area contributed by atoms with Gasteiger partial charge in [-0.3, -0.25) is 0 Å². The first-order chi connectivity index (χ1) is 61.7. The number of fused-ring (bicyclic) bond motifs is 6. The topological polar surface area (TPSA) is 0 Å². The average molecular weight is 1670 g/mol. The first-order valence-corrected chi connectivity index (χ1v) is 44.9. The quantitative estimate of drug-likeness (QED) is 0.146. The van der Waals surface area contributed by atoms with Gasteiger partial charge in [0.05, 0.1) is 0 Å². The van der Waals surface area contributed by atoms with Gasteiger partial charge < -0.3 is 0 Å². The molecular formula is C128H130. The predicted molar refractivity (Wildman–Crippen MR) is 564 cm³/mol. The van der Waals surface area contributed by atoms with Crippen LogP contribution in [0.2, 0.25) is 0 Å². The zero-order chi connectivity index (χ0) is 91.4.